The van der Waals surface area contributed by atoms with Crippen molar-refractivity contribution < 1.29 is 14.3 Å². The Hall–Kier alpha value is -1.83. The van der Waals surface area contributed by atoms with Gasteiger partial charge in [0.05, 0.1) is 24.0 Å². The summed E-state index contributed by atoms with van der Waals surface area (Å²) < 4.78 is 5.63. The lowest BCUT2D eigenvalue weighted by Gasteiger charge is -2.35. The summed E-state index contributed by atoms with van der Waals surface area (Å²) in [5.74, 6) is -0.470. The second kappa shape index (κ2) is 14.7. The number of amides is 2. The third-order valence-electron chi connectivity index (χ3n) is 5.90. The molecule has 3 rings (SSSR count). The van der Waals surface area contributed by atoms with Crippen molar-refractivity contribution in [1.29, 1.82) is 0 Å². The van der Waals surface area contributed by atoms with Gasteiger partial charge in [-0.25, -0.2) is 0 Å². The number of hydrogen-bond acceptors (Lipinski definition) is 4. The van der Waals surface area contributed by atoms with Crippen LogP contribution in [0.5, 0.6) is 0 Å². The van der Waals surface area contributed by atoms with Crippen LogP contribution in [0, 0.1) is 0 Å². The lowest BCUT2D eigenvalue weighted by atomic mass is 10.1. The van der Waals surface area contributed by atoms with E-state index in [9.17, 15) is 9.59 Å². The highest BCUT2D eigenvalue weighted by Gasteiger charge is 2.26. The van der Waals surface area contributed by atoms with Crippen LogP contribution in [0.3, 0.4) is 0 Å². The molecule has 0 atom stereocenters. The molecule has 0 radical (unpaired) electrons. The van der Waals surface area contributed by atoms with Crippen molar-refractivity contribution in [2.45, 2.75) is 26.4 Å². The van der Waals surface area contributed by atoms with Crippen molar-refractivity contribution in [3.8, 4) is 0 Å². The molecule has 1 aliphatic heterocycles. The Kier molecular flexibility index (Phi) is 12.3. The molecule has 2 aromatic rings. The first-order valence-electron chi connectivity index (χ1n) is 11.7. The highest BCUT2D eigenvalue weighted by atomic mass is 35.5. The van der Waals surface area contributed by atoms with E-state index in [1.807, 2.05) is 43.0 Å². The van der Waals surface area contributed by atoms with E-state index < -0.39 is 0 Å². The maximum absolute atomic E-state index is 13.4. The fraction of sp³-hybridized carbons (Fsp3) is 0.462. The predicted octanol–water partition coefficient (Wildman–Crippen LogP) is 4.76. The van der Waals surface area contributed by atoms with Crippen molar-refractivity contribution in [1.82, 2.24) is 9.80 Å². The predicted molar refractivity (Wildman–Crippen MR) is 145 cm³/mol. The first-order valence-corrected chi connectivity index (χ1v) is 12.6. The van der Waals surface area contributed by atoms with E-state index in [0.717, 1.165) is 31.1 Å². The Balaban J connectivity index is 0.00000432. The number of alkyl halides is 1. The van der Waals surface area contributed by atoms with Gasteiger partial charge in [0.25, 0.3) is 5.91 Å². The highest BCUT2D eigenvalue weighted by Crippen LogP contribution is 2.23. The normalized spacial score (nSPS) is 14.0. The second-order valence-electron chi connectivity index (χ2n) is 8.63. The van der Waals surface area contributed by atoms with Crippen LogP contribution in [-0.4, -0.2) is 79.5 Å². The Labute approximate surface area is 224 Å². The van der Waals surface area contributed by atoms with Gasteiger partial charge in [-0.3, -0.25) is 14.5 Å². The van der Waals surface area contributed by atoms with Crippen LogP contribution in [0.2, 0.25) is 5.02 Å². The molecule has 0 unspecified atom stereocenters. The summed E-state index contributed by atoms with van der Waals surface area (Å²) in [7, 11) is 0. The molecule has 0 aromatic heterocycles. The van der Waals surface area contributed by atoms with E-state index in [1.165, 1.54) is 5.56 Å². The van der Waals surface area contributed by atoms with Gasteiger partial charge in [-0.15, -0.1) is 24.0 Å². The fourth-order valence-corrected chi connectivity index (χ4v) is 4.27. The SMILES string of the molecule is CC(C)OCCN(C(=O)CCl)c1ccccc1C(=O)N1CCN(CCc2ccc(Cl)cc2)CC1.Cl. The maximum Gasteiger partial charge on any atom is 0.256 e. The quantitative estimate of drug-likeness (QED) is 0.406. The molecular weight excluding hydrogens is 509 g/mol. The summed E-state index contributed by atoms with van der Waals surface area (Å²) in [4.78, 5) is 31.8. The van der Waals surface area contributed by atoms with Gasteiger partial charge in [-0.05, 0) is 50.1 Å². The summed E-state index contributed by atoms with van der Waals surface area (Å²) in [6.07, 6.45) is 1.00. The smallest absolute Gasteiger partial charge is 0.256 e. The zero-order valence-electron chi connectivity index (χ0n) is 20.3. The molecule has 35 heavy (non-hydrogen) atoms. The first-order chi connectivity index (χ1) is 16.4. The Morgan fingerprint density at radius 2 is 1.69 bits per heavy atom. The van der Waals surface area contributed by atoms with Crippen LogP contribution < -0.4 is 4.90 Å². The molecule has 192 valence electrons. The standard InChI is InChI=1S/C26H33Cl2N3O3.ClH/c1-20(2)34-18-17-31(25(32)19-27)24-6-4-3-5-23(24)26(33)30-15-13-29(14-16-30)12-11-21-7-9-22(28)10-8-21;/h3-10,20H,11-19H2,1-2H3;1H. The van der Waals surface area contributed by atoms with Crippen LogP contribution in [0.15, 0.2) is 48.5 Å². The zero-order chi connectivity index (χ0) is 24.5. The minimum Gasteiger partial charge on any atom is -0.377 e. The number of nitrogens with zero attached hydrogens (tertiary/aromatic N) is 3. The second-order valence-corrected chi connectivity index (χ2v) is 9.33. The van der Waals surface area contributed by atoms with Crippen LogP contribution in [0.25, 0.3) is 0 Å². The lowest BCUT2D eigenvalue weighted by Crippen LogP contribution is -2.49. The van der Waals surface area contributed by atoms with Gasteiger partial charge < -0.3 is 14.5 Å². The molecular formula is C26H34Cl3N3O3. The Morgan fingerprint density at radius 1 is 1.03 bits per heavy atom. The average molecular weight is 543 g/mol. The Bertz CT molecular complexity index is 948. The van der Waals surface area contributed by atoms with E-state index in [-0.39, 0.29) is 36.2 Å². The summed E-state index contributed by atoms with van der Waals surface area (Å²) in [5, 5.41) is 0.745. The van der Waals surface area contributed by atoms with Gasteiger partial charge in [0, 0.05) is 44.3 Å². The number of benzene rings is 2. The van der Waals surface area contributed by atoms with Gasteiger partial charge in [-0.1, -0.05) is 35.9 Å². The van der Waals surface area contributed by atoms with Crippen molar-refractivity contribution in [2.75, 3.05) is 56.7 Å². The number of para-hydroxylation sites is 1. The fourth-order valence-electron chi connectivity index (χ4n) is 4.00. The third kappa shape index (κ3) is 8.65. The minimum atomic E-state index is -0.249. The highest BCUT2D eigenvalue weighted by molar-refractivity contribution is 6.30. The van der Waals surface area contributed by atoms with Crippen molar-refractivity contribution in [3.63, 3.8) is 0 Å². The molecule has 9 heteroatoms. The molecule has 1 fully saturated rings. The lowest BCUT2D eigenvalue weighted by molar-refractivity contribution is -0.116. The summed E-state index contributed by atoms with van der Waals surface area (Å²) >= 11 is 11.8. The first kappa shape index (κ1) is 29.4. The topological polar surface area (TPSA) is 53.1 Å². The molecule has 2 aromatic carbocycles. The average Bonchev–Trinajstić information content (AvgIpc) is 2.85. The molecule has 6 nitrogen and oxygen atoms in total. The maximum atomic E-state index is 13.4. The van der Waals surface area contributed by atoms with Crippen molar-refractivity contribution in [2.24, 2.45) is 0 Å². The molecule has 0 bridgehead atoms. The van der Waals surface area contributed by atoms with E-state index in [2.05, 4.69) is 17.0 Å². The number of hydrogen-bond donors (Lipinski definition) is 0. The van der Waals surface area contributed by atoms with Gasteiger partial charge in [0.2, 0.25) is 5.91 Å². The molecule has 0 spiro atoms. The molecule has 1 aliphatic rings. The number of rotatable bonds is 10. The monoisotopic (exact) mass is 541 g/mol. The van der Waals surface area contributed by atoms with E-state index in [0.29, 0.717) is 37.5 Å². The van der Waals surface area contributed by atoms with Gasteiger partial charge in [0.1, 0.15) is 5.88 Å². The Morgan fingerprint density at radius 3 is 2.31 bits per heavy atom. The van der Waals surface area contributed by atoms with Crippen LogP contribution >= 0.6 is 35.6 Å². The number of halogens is 3. The zero-order valence-corrected chi connectivity index (χ0v) is 22.6. The molecule has 0 aliphatic carbocycles. The number of carbonyl (C=O) groups is 2. The molecule has 2 amide bonds. The van der Waals surface area contributed by atoms with E-state index in [4.69, 9.17) is 27.9 Å². The van der Waals surface area contributed by atoms with Crippen molar-refractivity contribution in [3.05, 3.63) is 64.7 Å². The molecule has 0 N–H and O–H groups in total. The van der Waals surface area contributed by atoms with Gasteiger partial charge >= 0.3 is 0 Å². The molecule has 0 saturated carbocycles. The van der Waals surface area contributed by atoms with Gasteiger partial charge in [-0.2, -0.15) is 0 Å². The summed E-state index contributed by atoms with van der Waals surface area (Å²) in [6.45, 7) is 8.46. The molecule has 1 heterocycles. The van der Waals surface area contributed by atoms with E-state index >= 15 is 0 Å². The van der Waals surface area contributed by atoms with Crippen LogP contribution in [0.4, 0.5) is 5.69 Å². The van der Waals surface area contributed by atoms with Gasteiger partial charge in [0.15, 0.2) is 0 Å². The largest absolute Gasteiger partial charge is 0.377 e. The van der Waals surface area contributed by atoms with Crippen LogP contribution in [0.1, 0.15) is 29.8 Å². The summed E-state index contributed by atoms with van der Waals surface area (Å²) in [5.41, 5.74) is 2.35. The molecule has 1 saturated heterocycles. The van der Waals surface area contributed by atoms with Crippen molar-refractivity contribution >= 4 is 53.1 Å². The number of piperazine rings is 1. The summed E-state index contributed by atoms with van der Waals surface area (Å²) in [6, 6.07) is 15.2. The van der Waals surface area contributed by atoms with E-state index in [1.54, 1.807) is 17.0 Å². The number of anilines is 1. The number of carbonyl (C=O) groups excluding carboxylic acids is 2. The third-order valence-corrected chi connectivity index (χ3v) is 6.38. The van der Waals surface area contributed by atoms with Crippen LogP contribution in [-0.2, 0) is 16.0 Å². The minimum absolute atomic E-state index is 0. The number of ether oxygens (including phenoxy) is 1.